The highest BCUT2D eigenvalue weighted by atomic mass is 16.6. The average molecular weight is 275 g/mol. The average Bonchev–Trinajstić information content (AvgIpc) is 2.37. The minimum atomic E-state index is -0.538. The van der Waals surface area contributed by atoms with Gasteiger partial charge in [-0.15, -0.1) is 6.42 Å². The third-order valence-electron chi connectivity index (χ3n) is 2.47. The second kappa shape index (κ2) is 6.85. The van der Waals surface area contributed by atoms with Gasteiger partial charge in [0.2, 0.25) is 0 Å². The standard InChI is InChI=1S/C16H21NO3/c1-6-11-17(15(18)20-16(2,3)4)12-13-7-9-14(19-5)10-8-13/h1,7-10H,11-12H2,2-5H3. The first-order valence-corrected chi connectivity index (χ1v) is 6.40. The van der Waals surface area contributed by atoms with Crippen LogP contribution in [0.5, 0.6) is 5.75 Å². The molecule has 0 unspecified atom stereocenters. The van der Waals surface area contributed by atoms with Crippen LogP contribution in [0.3, 0.4) is 0 Å². The molecule has 0 saturated heterocycles. The van der Waals surface area contributed by atoms with Crippen molar-refractivity contribution in [3.05, 3.63) is 29.8 Å². The Kier molecular flexibility index (Phi) is 5.45. The lowest BCUT2D eigenvalue weighted by atomic mass is 10.2. The number of terminal acetylenes is 1. The van der Waals surface area contributed by atoms with Crippen LogP contribution in [0.4, 0.5) is 4.79 Å². The molecule has 0 atom stereocenters. The van der Waals surface area contributed by atoms with Crippen molar-refractivity contribution in [1.82, 2.24) is 4.90 Å². The second-order valence-corrected chi connectivity index (χ2v) is 5.39. The van der Waals surface area contributed by atoms with Crippen LogP contribution in [-0.2, 0) is 11.3 Å². The molecule has 108 valence electrons. The Morgan fingerprint density at radius 1 is 1.30 bits per heavy atom. The van der Waals surface area contributed by atoms with Crippen molar-refractivity contribution in [2.75, 3.05) is 13.7 Å². The van der Waals surface area contributed by atoms with Gasteiger partial charge in [-0.05, 0) is 38.5 Å². The predicted molar refractivity (Wildman–Crippen MR) is 78.5 cm³/mol. The molecule has 0 aromatic heterocycles. The summed E-state index contributed by atoms with van der Waals surface area (Å²) in [5.74, 6) is 3.25. The molecular formula is C16H21NO3. The molecule has 0 aliphatic rings. The zero-order valence-corrected chi connectivity index (χ0v) is 12.5. The number of carbonyl (C=O) groups is 1. The Balaban J connectivity index is 2.76. The zero-order chi connectivity index (χ0) is 15.2. The number of ether oxygens (including phenoxy) is 2. The molecule has 0 fully saturated rings. The first kappa shape index (κ1) is 15.9. The van der Waals surface area contributed by atoms with Crippen molar-refractivity contribution in [1.29, 1.82) is 0 Å². The fraction of sp³-hybridized carbons (Fsp3) is 0.438. The number of amides is 1. The van der Waals surface area contributed by atoms with E-state index in [0.717, 1.165) is 11.3 Å². The number of methoxy groups -OCH3 is 1. The molecule has 0 spiro atoms. The fourth-order valence-electron chi connectivity index (χ4n) is 1.57. The molecule has 4 nitrogen and oxygen atoms in total. The molecule has 0 saturated carbocycles. The largest absolute Gasteiger partial charge is 0.497 e. The fourth-order valence-corrected chi connectivity index (χ4v) is 1.57. The molecule has 0 N–H and O–H groups in total. The molecule has 1 aromatic rings. The van der Waals surface area contributed by atoms with Gasteiger partial charge in [0.15, 0.2) is 0 Å². The maximum absolute atomic E-state index is 12.1. The third kappa shape index (κ3) is 5.23. The number of hydrogen-bond donors (Lipinski definition) is 0. The number of hydrogen-bond acceptors (Lipinski definition) is 3. The van der Waals surface area contributed by atoms with E-state index in [9.17, 15) is 4.79 Å². The Bertz CT molecular complexity index is 480. The van der Waals surface area contributed by atoms with Crippen LogP contribution < -0.4 is 4.74 Å². The van der Waals surface area contributed by atoms with E-state index in [1.165, 1.54) is 4.90 Å². The van der Waals surface area contributed by atoms with E-state index in [-0.39, 0.29) is 6.54 Å². The zero-order valence-electron chi connectivity index (χ0n) is 12.5. The SMILES string of the molecule is C#CCN(Cc1ccc(OC)cc1)C(=O)OC(C)(C)C. The van der Waals surface area contributed by atoms with Crippen LogP contribution in [0, 0.1) is 12.3 Å². The van der Waals surface area contributed by atoms with Gasteiger partial charge in [0.1, 0.15) is 11.4 Å². The summed E-state index contributed by atoms with van der Waals surface area (Å²) in [7, 11) is 1.61. The summed E-state index contributed by atoms with van der Waals surface area (Å²) in [6, 6.07) is 7.48. The monoisotopic (exact) mass is 275 g/mol. The number of nitrogens with zero attached hydrogens (tertiary/aromatic N) is 1. The van der Waals surface area contributed by atoms with Crippen molar-refractivity contribution in [3.8, 4) is 18.1 Å². The molecule has 20 heavy (non-hydrogen) atoms. The van der Waals surface area contributed by atoms with E-state index in [4.69, 9.17) is 15.9 Å². The lowest BCUT2D eigenvalue weighted by molar-refractivity contribution is 0.0260. The van der Waals surface area contributed by atoms with Crippen LogP contribution in [0.25, 0.3) is 0 Å². The Morgan fingerprint density at radius 3 is 2.35 bits per heavy atom. The summed E-state index contributed by atoms with van der Waals surface area (Å²) in [4.78, 5) is 13.6. The topological polar surface area (TPSA) is 38.8 Å². The number of rotatable bonds is 4. The van der Waals surface area contributed by atoms with Crippen molar-refractivity contribution < 1.29 is 14.3 Å². The normalized spacial score (nSPS) is 10.6. The van der Waals surface area contributed by atoms with Gasteiger partial charge in [-0.1, -0.05) is 18.1 Å². The number of carbonyl (C=O) groups excluding carboxylic acids is 1. The lowest BCUT2D eigenvalue weighted by Gasteiger charge is -2.26. The van der Waals surface area contributed by atoms with E-state index >= 15 is 0 Å². The highest BCUT2D eigenvalue weighted by molar-refractivity contribution is 5.68. The molecule has 0 aliphatic heterocycles. The van der Waals surface area contributed by atoms with Gasteiger partial charge in [-0.25, -0.2) is 4.79 Å². The summed E-state index contributed by atoms with van der Waals surface area (Å²) < 4.78 is 10.4. The van der Waals surface area contributed by atoms with Gasteiger partial charge in [-0.2, -0.15) is 0 Å². The summed E-state index contributed by atoms with van der Waals surface area (Å²) in [5.41, 5.74) is 0.427. The smallest absolute Gasteiger partial charge is 0.411 e. The molecule has 4 heteroatoms. The van der Waals surface area contributed by atoms with E-state index in [1.807, 2.05) is 45.0 Å². The first-order valence-electron chi connectivity index (χ1n) is 6.40. The van der Waals surface area contributed by atoms with Crippen LogP contribution in [0.2, 0.25) is 0 Å². The van der Waals surface area contributed by atoms with Crippen molar-refractivity contribution >= 4 is 6.09 Å². The van der Waals surface area contributed by atoms with Gasteiger partial charge in [-0.3, -0.25) is 4.90 Å². The van der Waals surface area contributed by atoms with Crippen molar-refractivity contribution in [2.45, 2.75) is 32.9 Å². The molecule has 0 aliphatic carbocycles. The Hall–Kier alpha value is -2.15. The highest BCUT2D eigenvalue weighted by Crippen LogP contribution is 2.15. The Morgan fingerprint density at radius 2 is 1.90 bits per heavy atom. The minimum absolute atomic E-state index is 0.209. The summed E-state index contributed by atoms with van der Waals surface area (Å²) in [6.45, 7) is 6.09. The summed E-state index contributed by atoms with van der Waals surface area (Å²) >= 11 is 0. The van der Waals surface area contributed by atoms with Gasteiger partial charge in [0.25, 0.3) is 0 Å². The van der Waals surface area contributed by atoms with Crippen LogP contribution in [0.15, 0.2) is 24.3 Å². The van der Waals surface area contributed by atoms with E-state index in [0.29, 0.717) is 6.54 Å². The first-order chi connectivity index (χ1) is 9.35. The van der Waals surface area contributed by atoms with E-state index in [2.05, 4.69) is 5.92 Å². The molecule has 1 amide bonds. The maximum atomic E-state index is 12.1. The van der Waals surface area contributed by atoms with Crippen LogP contribution >= 0.6 is 0 Å². The van der Waals surface area contributed by atoms with Crippen molar-refractivity contribution in [2.24, 2.45) is 0 Å². The van der Waals surface area contributed by atoms with Crippen LogP contribution in [0.1, 0.15) is 26.3 Å². The molecular weight excluding hydrogens is 254 g/mol. The van der Waals surface area contributed by atoms with E-state index in [1.54, 1.807) is 7.11 Å². The highest BCUT2D eigenvalue weighted by Gasteiger charge is 2.21. The molecule has 0 bridgehead atoms. The predicted octanol–water partition coefficient (Wildman–Crippen LogP) is 3.07. The Labute approximate surface area is 120 Å². The van der Waals surface area contributed by atoms with Gasteiger partial charge < -0.3 is 9.47 Å². The molecule has 1 rings (SSSR count). The second-order valence-electron chi connectivity index (χ2n) is 5.39. The number of benzene rings is 1. The maximum Gasteiger partial charge on any atom is 0.411 e. The summed E-state index contributed by atoms with van der Waals surface area (Å²) in [6.07, 6.45) is 4.90. The quantitative estimate of drug-likeness (QED) is 0.793. The van der Waals surface area contributed by atoms with Gasteiger partial charge in [0, 0.05) is 6.54 Å². The molecule has 1 aromatic carbocycles. The minimum Gasteiger partial charge on any atom is -0.497 e. The summed E-state index contributed by atoms with van der Waals surface area (Å²) in [5, 5.41) is 0. The third-order valence-corrected chi connectivity index (χ3v) is 2.47. The molecule has 0 heterocycles. The molecule has 0 radical (unpaired) electrons. The van der Waals surface area contributed by atoms with Gasteiger partial charge >= 0.3 is 6.09 Å². The lowest BCUT2D eigenvalue weighted by Crippen LogP contribution is -2.36. The van der Waals surface area contributed by atoms with Gasteiger partial charge in [0.05, 0.1) is 13.7 Å². The van der Waals surface area contributed by atoms with Crippen LogP contribution in [-0.4, -0.2) is 30.2 Å². The van der Waals surface area contributed by atoms with E-state index < -0.39 is 11.7 Å². The van der Waals surface area contributed by atoms with Crippen molar-refractivity contribution in [3.63, 3.8) is 0 Å².